The SMILES string of the molecule is N#Cc1cc2c3cc4cc(-c5cnc6c7cc8ccc(-c9cnc%10c%11cc%12ccccc%12cc%11c%11c(C#N)c(C#N)c(C#N)c(C#N)c%11c%10n9)cc8cc7c7nc(C#N)c(C#N)nc7c6n5)ccc4cc3c3nccnc3c2cc1C#N. The predicted octanol–water partition coefficient (Wildman–Crippen LogP) is 13.0. The molecule has 82 heavy (non-hydrogen) atoms. The van der Waals surface area contributed by atoms with Crippen LogP contribution in [-0.4, -0.2) is 39.9 Å². The molecule has 11 aromatic carbocycles. The highest BCUT2D eigenvalue weighted by molar-refractivity contribution is 6.29. The van der Waals surface area contributed by atoms with Crippen LogP contribution in [0.4, 0.5) is 0 Å². The number of rotatable bonds is 2. The van der Waals surface area contributed by atoms with Crippen LogP contribution in [0.1, 0.15) is 44.8 Å². The highest BCUT2D eigenvalue weighted by atomic mass is 14.9. The van der Waals surface area contributed by atoms with Crippen molar-refractivity contribution in [2.75, 3.05) is 0 Å². The molecule has 15 aromatic rings. The van der Waals surface area contributed by atoms with Gasteiger partial charge in [0.1, 0.15) is 65.1 Å². The summed E-state index contributed by atoms with van der Waals surface area (Å²) in [5.74, 6) is 0. The standard InChI is InChI=1S/C66H22N16/c67-21-39-19-42-41-17-37-11-36(8-5-33(37)15-44(41)59-60(76-10-9-75-59)45(42)20-40(39)22-68)56-30-78-62-47-16-34-6-7-35(12-38(34)18-48(47)63-66(65(62)82-56)80-54(28-74)53(27-73)79-63)55-29-77-61-46-14-32-4-2-1-3-31(32)13-43(46)57-51(25-71)49(23-69)50(24-70)52(26-72)58(57)64(61)81-55/h1-20,29-30H. The fourth-order valence-corrected chi connectivity index (χ4v) is 11.7. The van der Waals surface area contributed by atoms with Gasteiger partial charge in [0.25, 0.3) is 0 Å². The first-order valence-corrected chi connectivity index (χ1v) is 25.1. The molecule has 0 aliphatic heterocycles. The van der Waals surface area contributed by atoms with Crippen LogP contribution in [-0.2, 0) is 0 Å². The molecule has 0 N–H and O–H groups in total. The molecule has 16 nitrogen and oxygen atoms in total. The number of nitriles is 8. The van der Waals surface area contributed by atoms with Crippen LogP contribution in [0.25, 0.3) is 153 Å². The number of hydrogen-bond acceptors (Lipinski definition) is 16. The normalized spacial score (nSPS) is 11.3. The molecule has 0 aliphatic carbocycles. The van der Waals surface area contributed by atoms with Gasteiger partial charge in [0.15, 0.2) is 11.4 Å². The lowest BCUT2D eigenvalue weighted by atomic mass is 9.86. The molecule has 0 amide bonds. The average molecular weight is 1040 g/mol. The summed E-state index contributed by atoms with van der Waals surface area (Å²) in [6.07, 6.45) is 6.54. The van der Waals surface area contributed by atoms with E-state index in [1.807, 2.05) is 121 Å². The molecule has 0 bridgehead atoms. The maximum absolute atomic E-state index is 10.7. The van der Waals surface area contributed by atoms with Crippen LogP contribution in [0.2, 0.25) is 0 Å². The van der Waals surface area contributed by atoms with Gasteiger partial charge < -0.3 is 0 Å². The highest BCUT2D eigenvalue weighted by Crippen LogP contribution is 2.44. The van der Waals surface area contributed by atoms with E-state index in [1.54, 1.807) is 36.9 Å². The van der Waals surface area contributed by atoms with E-state index >= 15 is 0 Å². The molecule has 4 aromatic heterocycles. The minimum absolute atomic E-state index is 0.0397. The van der Waals surface area contributed by atoms with Crippen LogP contribution >= 0.6 is 0 Å². The fourth-order valence-electron chi connectivity index (χ4n) is 11.7. The number of benzene rings is 11. The molecule has 16 heteroatoms. The summed E-state index contributed by atoms with van der Waals surface area (Å²) in [6.45, 7) is 0. The van der Waals surface area contributed by atoms with Crippen molar-refractivity contribution < 1.29 is 0 Å². The summed E-state index contributed by atoms with van der Waals surface area (Å²) in [6, 6.07) is 51.3. The predicted molar refractivity (Wildman–Crippen MR) is 307 cm³/mol. The molecule has 0 radical (unpaired) electrons. The number of nitrogens with zero attached hydrogens (tertiary/aromatic N) is 16. The third-order valence-electron chi connectivity index (χ3n) is 15.4. The second kappa shape index (κ2) is 17.1. The maximum atomic E-state index is 10.7. The maximum Gasteiger partial charge on any atom is 0.177 e. The third kappa shape index (κ3) is 6.38. The Morgan fingerprint density at radius 2 is 0.683 bits per heavy atom. The Morgan fingerprint density at radius 1 is 0.280 bits per heavy atom. The second-order valence-corrected chi connectivity index (χ2v) is 19.5. The molecule has 0 saturated carbocycles. The van der Waals surface area contributed by atoms with E-state index in [2.05, 4.69) is 29.3 Å². The fraction of sp³-hybridized carbons (Fsp3) is 0. The summed E-state index contributed by atoms with van der Waals surface area (Å²) in [7, 11) is 0. The van der Waals surface area contributed by atoms with Crippen LogP contribution in [0, 0.1) is 90.6 Å². The van der Waals surface area contributed by atoms with Crippen molar-refractivity contribution in [2.45, 2.75) is 0 Å². The molecular weight excluding hydrogens is 1020 g/mol. The summed E-state index contributed by atoms with van der Waals surface area (Å²) in [5, 5.41) is 93.7. The molecule has 0 atom stereocenters. The van der Waals surface area contributed by atoms with Gasteiger partial charge in [-0.05, 0) is 109 Å². The molecule has 15 rings (SSSR count). The Labute approximate surface area is 460 Å². The largest absolute Gasteiger partial charge is 0.252 e. The highest BCUT2D eigenvalue weighted by Gasteiger charge is 2.27. The van der Waals surface area contributed by atoms with Crippen LogP contribution in [0.3, 0.4) is 0 Å². The Kier molecular flexibility index (Phi) is 9.64. The number of aromatic nitrogens is 8. The molecule has 0 unspecified atom stereocenters. The molecule has 0 saturated heterocycles. The van der Waals surface area contributed by atoms with Gasteiger partial charge in [-0.25, -0.2) is 19.9 Å². The summed E-state index contributed by atoms with van der Waals surface area (Å²) in [5.41, 5.74) is 5.26. The molecule has 4 heterocycles. The zero-order valence-corrected chi connectivity index (χ0v) is 41.9. The van der Waals surface area contributed by atoms with Crippen molar-refractivity contribution in [1.82, 2.24) is 39.9 Å². The molecule has 0 aliphatic rings. The van der Waals surface area contributed by atoms with Gasteiger partial charge in [-0.15, -0.1) is 0 Å². The van der Waals surface area contributed by atoms with Gasteiger partial charge in [0.2, 0.25) is 0 Å². The molecule has 366 valence electrons. The summed E-state index contributed by atoms with van der Waals surface area (Å²) in [4.78, 5) is 39.2. The Morgan fingerprint density at radius 3 is 1.24 bits per heavy atom. The zero-order valence-electron chi connectivity index (χ0n) is 41.9. The topological polar surface area (TPSA) is 293 Å². The van der Waals surface area contributed by atoms with Crippen LogP contribution in [0.5, 0.6) is 0 Å². The van der Waals surface area contributed by atoms with Crippen LogP contribution in [0.15, 0.2) is 134 Å². The van der Waals surface area contributed by atoms with E-state index in [1.165, 1.54) is 0 Å². The Hall–Kier alpha value is -13.2. The monoisotopic (exact) mass is 1040 g/mol. The van der Waals surface area contributed by atoms with Gasteiger partial charge in [-0.2, -0.15) is 42.1 Å². The van der Waals surface area contributed by atoms with E-state index in [9.17, 15) is 42.1 Å². The van der Waals surface area contributed by atoms with E-state index in [0.29, 0.717) is 82.4 Å². The van der Waals surface area contributed by atoms with Gasteiger partial charge in [-0.1, -0.05) is 48.5 Å². The third-order valence-corrected chi connectivity index (χ3v) is 15.4. The lowest BCUT2D eigenvalue weighted by Gasteiger charge is -2.16. The molecule has 0 spiro atoms. The van der Waals surface area contributed by atoms with Crippen molar-refractivity contribution in [3.63, 3.8) is 0 Å². The minimum atomic E-state index is -0.220. The van der Waals surface area contributed by atoms with Crippen LogP contribution < -0.4 is 0 Å². The first kappa shape index (κ1) is 46.1. The molecule has 0 fully saturated rings. The first-order chi connectivity index (χ1) is 40.3. The van der Waals surface area contributed by atoms with E-state index in [4.69, 9.17) is 34.9 Å². The number of hydrogen-bond donors (Lipinski definition) is 0. The van der Waals surface area contributed by atoms with Crippen molar-refractivity contribution >= 4 is 130 Å². The first-order valence-electron chi connectivity index (χ1n) is 25.1. The summed E-state index contributed by atoms with van der Waals surface area (Å²) >= 11 is 0. The summed E-state index contributed by atoms with van der Waals surface area (Å²) < 4.78 is 0. The van der Waals surface area contributed by atoms with Gasteiger partial charge >= 0.3 is 0 Å². The Balaban J connectivity index is 0.923. The van der Waals surface area contributed by atoms with Gasteiger partial charge in [0.05, 0.1) is 84.7 Å². The smallest absolute Gasteiger partial charge is 0.177 e. The Bertz CT molecular complexity index is 6010. The zero-order chi connectivity index (χ0) is 55.7. The molecular formula is C66H22N16. The quantitative estimate of drug-likeness (QED) is 0.115. The van der Waals surface area contributed by atoms with E-state index in [-0.39, 0.29) is 61.2 Å². The van der Waals surface area contributed by atoms with Crippen molar-refractivity contribution in [3.8, 4) is 71.1 Å². The van der Waals surface area contributed by atoms with Crippen molar-refractivity contribution in [1.29, 1.82) is 42.1 Å². The average Bonchev–Trinajstić information content (AvgIpc) is 1.52. The van der Waals surface area contributed by atoms with Gasteiger partial charge in [0, 0.05) is 61.2 Å². The van der Waals surface area contributed by atoms with Crippen molar-refractivity contribution in [3.05, 3.63) is 179 Å². The van der Waals surface area contributed by atoms with E-state index < -0.39 is 0 Å². The second-order valence-electron chi connectivity index (χ2n) is 19.5. The lowest BCUT2D eigenvalue weighted by molar-refractivity contribution is 1.20. The minimum Gasteiger partial charge on any atom is -0.252 e. The van der Waals surface area contributed by atoms with E-state index in [0.717, 1.165) is 54.0 Å². The number of fused-ring (bicyclic) bond motifs is 21. The van der Waals surface area contributed by atoms with Gasteiger partial charge in [-0.3, -0.25) is 19.9 Å². The lowest BCUT2D eigenvalue weighted by Crippen LogP contribution is -2.01. The van der Waals surface area contributed by atoms with Crippen molar-refractivity contribution in [2.24, 2.45) is 0 Å².